The smallest absolute Gasteiger partial charge is 0.321 e. The average molecular weight is 446 g/mol. The van der Waals surface area contributed by atoms with Crippen molar-refractivity contribution >= 4 is 27.6 Å². The minimum absolute atomic E-state index is 0.140. The number of nitro groups is 1. The van der Waals surface area contributed by atoms with Crippen LogP contribution in [0.1, 0.15) is 0 Å². The number of hydrogen-bond donors (Lipinski definition) is 2. The number of rotatable bonds is 9. The summed E-state index contributed by atoms with van der Waals surface area (Å²) < 4.78 is 41.5. The topological polar surface area (TPSA) is 166 Å². The molecule has 0 radical (unpaired) electrons. The molecule has 166 valence electrons. The number of carbonyl (C=O) groups excluding carboxylic acids is 2. The van der Waals surface area contributed by atoms with Gasteiger partial charge in [-0.2, -0.15) is 4.31 Å². The molecule has 1 saturated heterocycles. The van der Waals surface area contributed by atoms with E-state index >= 15 is 0 Å². The van der Waals surface area contributed by atoms with Crippen LogP contribution in [-0.2, 0) is 24.3 Å². The fraction of sp³-hybridized carbons (Fsp3) is 0.500. The van der Waals surface area contributed by atoms with Crippen molar-refractivity contribution in [2.45, 2.75) is 4.90 Å². The third kappa shape index (κ3) is 6.35. The van der Waals surface area contributed by atoms with Crippen molar-refractivity contribution in [3.8, 4) is 5.75 Å². The second kappa shape index (κ2) is 10.8. The Labute approximate surface area is 172 Å². The first kappa shape index (κ1) is 23.5. The standard InChI is InChI=1S/C16H22N4O9S/c1-27-7-4-17-16(22)18-15(21)11-29-14-3-2-12(10-13(14)20(23)24)30(25,26)19-5-8-28-9-6-19/h2-3,10H,4-9,11H2,1H3,(H2,17,18,21,22). The van der Waals surface area contributed by atoms with Gasteiger partial charge >= 0.3 is 11.7 Å². The number of imide groups is 1. The Balaban J connectivity index is 2.06. The third-order valence-corrected chi connectivity index (χ3v) is 5.83. The first-order chi connectivity index (χ1) is 14.3. The Hall–Kier alpha value is -2.81. The van der Waals surface area contributed by atoms with E-state index < -0.39 is 39.2 Å². The second-order valence-electron chi connectivity index (χ2n) is 5.99. The Morgan fingerprint density at radius 2 is 2.00 bits per heavy atom. The van der Waals surface area contributed by atoms with Gasteiger partial charge in [-0.05, 0) is 12.1 Å². The van der Waals surface area contributed by atoms with Crippen molar-refractivity contribution in [3.63, 3.8) is 0 Å². The summed E-state index contributed by atoms with van der Waals surface area (Å²) in [6.45, 7) is 0.495. The quantitative estimate of drug-likeness (QED) is 0.288. The van der Waals surface area contributed by atoms with Crippen LogP contribution in [0.4, 0.5) is 10.5 Å². The van der Waals surface area contributed by atoms with E-state index in [1.165, 1.54) is 11.4 Å². The van der Waals surface area contributed by atoms with E-state index in [9.17, 15) is 28.1 Å². The summed E-state index contributed by atoms with van der Waals surface area (Å²) in [5, 5.41) is 15.7. The monoisotopic (exact) mass is 446 g/mol. The van der Waals surface area contributed by atoms with E-state index in [0.29, 0.717) is 0 Å². The Kier molecular flexibility index (Phi) is 8.46. The molecule has 0 spiro atoms. The number of nitrogens with one attached hydrogen (secondary N) is 2. The van der Waals surface area contributed by atoms with Gasteiger partial charge in [-0.15, -0.1) is 0 Å². The molecule has 1 aromatic rings. The molecule has 13 nitrogen and oxygen atoms in total. The molecular formula is C16H22N4O9S. The van der Waals surface area contributed by atoms with Crippen molar-refractivity contribution in [2.24, 2.45) is 0 Å². The van der Waals surface area contributed by atoms with E-state index in [1.54, 1.807) is 0 Å². The van der Waals surface area contributed by atoms with Gasteiger partial charge in [0.25, 0.3) is 5.91 Å². The third-order valence-electron chi connectivity index (χ3n) is 3.94. The maximum atomic E-state index is 12.7. The molecule has 3 amide bonds. The van der Waals surface area contributed by atoms with Crippen LogP contribution < -0.4 is 15.4 Å². The highest BCUT2D eigenvalue weighted by Crippen LogP contribution is 2.31. The largest absolute Gasteiger partial charge is 0.477 e. The number of nitro benzene ring substituents is 1. The number of ether oxygens (including phenoxy) is 3. The van der Waals surface area contributed by atoms with Crippen molar-refractivity contribution in [1.82, 2.24) is 14.9 Å². The molecule has 0 bridgehead atoms. The fourth-order valence-corrected chi connectivity index (χ4v) is 3.90. The van der Waals surface area contributed by atoms with E-state index in [4.69, 9.17) is 14.2 Å². The highest BCUT2D eigenvalue weighted by Gasteiger charge is 2.29. The van der Waals surface area contributed by atoms with E-state index in [-0.39, 0.29) is 50.1 Å². The van der Waals surface area contributed by atoms with Gasteiger partial charge in [0.05, 0.1) is 29.6 Å². The van der Waals surface area contributed by atoms with Crippen molar-refractivity contribution in [2.75, 3.05) is 53.2 Å². The van der Waals surface area contributed by atoms with Gasteiger partial charge in [-0.3, -0.25) is 20.2 Å². The van der Waals surface area contributed by atoms with Gasteiger partial charge in [-0.1, -0.05) is 0 Å². The van der Waals surface area contributed by atoms with E-state index in [0.717, 1.165) is 18.2 Å². The number of morpholine rings is 1. The predicted molar refractivity (Wildman–Crippen MR) is 102 cm³/mol. The molecule has 0 saturated carbocycles. The molecule has 1 aromatic carbocycles. The van der Waals surface area contributed by atoms with Crippen LogP contribution in [0.25, 0.3) is 0 Å². The second-order valence-corrected chi connectivity index (χ2v) is 7.93. The van der Waals surface area contributed by atoms with Crippen LogP contribution in [0.3, 0.4) is 0 Å². The summed E-state index contributed by atoms with van der Waals surface area (Å²) in [5.74, 6) is -1.15. The van der Waals surface area contributed by atoms with Gasteiger partial charge in [0.1, 0.15) is 0 Å². The lowest BCUT2D eigenvalue weighted by molar-refractivity contribution is -0.386. The zero-order valence-electron chi connectivity index (χ0n) is 16.2. The molecular weight excluding hydrogens is 424 g/mol. The number of hydrogen-bond acceptors (Lipinski definition) is 9. The van der Waals surface area contributed by atoms with E-state index in [2.05, 4.69) is 5.32 Å². The van der Waals surface area contributed by atoms with Crippen LogP contribution in [0, 0.1) is 10.1 Å². The molecule has 2 rings (SSSR count). The van der Waals surface area contributed by atoms with Gasteiger partial charge in [0.2, 0.25) is 10.0 Å². The molecule has 1 aliphatic rings. The zero-order chi connectivity index (χ0) is 22.1. The normalized spacial score (nSPS) is 14.7. The van der Waals surface area contributed by atoms with Gasteiger partial charge in [0.15, 0.2) is 12.4 Å². The minimum Gasteiger partial charge on any atom is -0.477 e. The van der Waals surface area contributed by atoms with Crippen molar-refractivity contribution < 1.29 is 37.1 Å². The molecule has 30 heavy (non-hydrogen) atoms. The fourth-order valence-electron chi connectivity index (χ4n) is 2.48. The average Bonchev–Trinajstić information content (AvgIpc) is 2.72. The van der Waals surface area contributed by atoms with Crippen LogP contribution in [0.2, 0.25) is 0 Å². The maximum Gasteiger partial charge on any atom is 0.321 e. The molecule has 1 aliphatic heterocycles. The van der Waals surface area contributed by atoms with Crippen LogP contribution in [-0.4, -0.2) is 82.8 Å². The maximum absolute atomic E-state index is 12.7. The van der Waals surface area contributed by atoms with Crippen molar-refractivity contribution in [3.05, 3.63) is 28.3 Å². The molecule has 1 fully saturated rings. The molecule has 0 atom stereocenters. The highest BCUT2D eigenvalue weighted by molar-refractivity contribution is 7.89. The molecule has 1 heterocycles. The van der Waals surface area contributed by atoms with Gasteiger partial charge < -0.3 is 19.5 Å². The number of methoxy groups -OCH3 is 1. The summed E-state index contributed by atoms with van der Waals surface area (Å²) in [4.78, 5) is 33.5. The van der Waals surface area contributed by atoms with Gasteiger partial charge in [-0.25, -0.2) is 13.2 Å². The zero-order valence-corrected chi connectivity index (χ0v) is 17.0. The number of nitrogens with zero attached hydrogens (tertiary/aromatic N) is 2. The highest BCUT2D eigenvalue weighted by atomic mass is 32.2. The molecule has 0 aliphatic carbocycles. The first-order valence-corrected chi connectivity index (χ1v) is 10.3. The Bertz CT molecular complexity index is 885. The SMILES string of the molecule is COCCNC(=O)NC(=O)COc1ccc(S(=O)(=O)N2CCOCC2)cc1[N+](=O)[O-]. The summed E-state index contributed by atoms with van der Waals surface area (Å²) >= 11 is 0. The Morgan fingerprint density at radius 3 is 2.63 bits per heavy atom. The van der Waals surface area contributed by atoms with Crippen LogP contribution >= 0.6 is 0 Å². The minimum atomic E-state index is -3.94. The molecule has 2 N–H and O–H groups in total. The number of carbonyl (C=O) groups is 2. The van der Waals surface area contributed by atoms with Crippen LogP contribution in [0.5, 0.6) is 5.75 Å². The molecule has 0 unspecified atom stereocenters. The summed E-state index contributed by atoms with van der Waals surface area (Å²) in [7, 11) is -2.49. The number of urea groups is 1. The van der Waals surface area contributed by atoms with Gasteiger partial charge in [0, 0.05) is 32.8 Å². The summed E-state index contributed by atoms with van der Waals surface area (Å²) in [5.41, 5.74) is -0.623. The lowest BCUT2D eigenvalue weighted by atomic mass is 10.3. The summed E-state index contributed by atoms with van der Waals surface area (Å²) in [6.07, 6.45) is 0. The number of amides is 3. The molecule has 0 aromatic heterocycles. The summed E-state index contributed by atoms with van der Waals surface area (Å²) in [6, 6.07) is 2.34. The lowest BCUT2D eigenvalue weighted by Crippen LogP contribution is -2.42. The predicted octanol–water partition coefficient (Wildman–Crippen LogP) is -0.533. The lowest BCUT2D eigenvalue weighted by Gasteiger charge is -2.26. The Morgan fingerprint density at radius 1 is 1.30 bits per heavy atom. The number of sulfonamides is 1. The van der Waals surface area contributed by atoms with Crippen molar-refractivity contribution in [1.29, 1.82) is 0 Å². The molecule has 14 heteroatoms. The van der Waals surface area contributed by atoms with Crippen LogP contribution in [0.15, 0.2) is 23.1 Å². The number of benzene rings is 1. The first-order valence-electron chi connectivity index (χ1n) is 8.81. The van der Waals surface area contributed by atoms with E-state index in [1.807, 2.05) is 5.32 Å².